The maximum absolute atomic E-state index is 14.4. The fourth-order valence-electron chi connectivity index (χ4n) is 10.4. The van der Waals surface area contributed by atoms with E-state index in [-0.39, 0.29) is 66.4 Å². The van der Waals surface area contributed by atoms with E-state index in [0.29, 0.717) is 99.4 Å². The molecule has 4 atom stereocenters. The van der Waals surface area contributed by atoms with E-state index in [1.165, 1.54) is 48.2 Å². The predicted molar refractivity (Wildman–Crippen MR) is 336 cm³/mol. The number of methoxy groups -OCH3 is 1. The second-order valence-corrected chi connectivity index (χ2v) is 27.4. The molecule has 5 amide bonds. The zero-order valence-corrected chi connectivity index (χ0v) is 53.4. The summed E-state index contributed by atoms with van der Waals surface area (Å²) in [4.78, 5) is 144. The molecule has 2 aliphatic rings. The van der Waals surface area contributed by atoms with Gasteiger partial charge in [0.15, 0.2) is 5.78 Å². The number of aryl methyl sites for hydroxylation is 1. The van der Waals surface area contributed by atoms with Crippen LogP contribution in [0.5, 0.6) is 0 Å². The molecule has 30 heteroatoms. The van der Waals surface area contributed by atoms with Gasteiger partial charge in [0, 0.05) is 64.9 Å². The summed E-state index contributed by atoms with van der Waals surface area (Å²) in [5, 5.41) is 51.3. The zero-order valence-electron chi connectivity index (χ0n) is 48.5. The number of aromatic nitrogens is 7. The molecular formula is C59H60N12O12S6. The van der Waals surface area contributed by atoms with E-state index in [9.17, 15) is 53.7 Å². The highest BCUT2D eigenvalue weighted by Crippen LogP contribution is 2.41. The molecule has 10 bridgehead atoms. The molecule has 1 aliphatic heterocycles. The number of rotatable bonds is 14. The molecule has 24 nitrogen and oxygen atoms in total. The Morgan fingerprint density at radius 2 is 1.42 bits per heavy atom. The number of ether oxygens (including phenoxy) is 1. The first kappa shape index (κ1) is 64.0. The van der Waals surface area contributed by atoms with Crippen molar-refractivity contribution in [2.75, 3.05) is 32.1 Å². The number of carboxylic acids is 2. The molecule has 464 valence electrons. The van der Waals surface area contributed by atoms with Crippen molar-refractivity contribution < 1.29 is 58.4 Å². The summed E-state index contributed by atoms with van der Waals surface area (Å²) in [6.45, 7) is 4.43. The van der Waals surface area contributed by atoms with Crippen LogP contribution in [-0.2, 0) is 35.3 Å². The van der Waals surface area contributed by atoms with Gasteiger partial charge in [-0.1, -0.05) is 44.2 Å². The maximum Gasteiger partial charge on any atom is 0.323 e. The summed E-state index contributed by atoms with van der Waals surface area (Å²) in [7, 11) is 2.94. The lowest BCUT2D eigenvalue weighted by atomic mass is 9.80. The maximum atomic E-state index is 14.4. The van der Waals surface area contributed by atoms with Crippen LogP contribution in [-0.4, -0.2) is 125 Å². The molecule has 0 radical (unpaired) electrons. The van der Waals surface area contributed by atoms with E-state index in [0.717, 1.165) is 38.9 Å². The normalized spacial score (nSPS) is 18.8. The van der Waals surface area contributed by atoms with Gasteiger partial charge in [-0.25, -0.2) is 34.9 Å². The van der Waals surface area contributed by atoms with Crippen LogP contribution in [0.15, 0.2) is 64.0 Å². The fraction of sp³-hybridized carbons (Fsp3) is 0.373. The molecule has 1 fully saturated rings. The zero-order chi connectivity index (χ0) is 63.2. The Morgan fingerprint density at radius 1 is 0.719 bits per heavy atom. The first-order valence-electron chi connectivity index (χ1n) is 28.2. The SMILES string of the molecule is CNC(=O)C[C@@H]1NC(=O)c2csc(n2)-c2ccc(-c3nc(N(CC(=O)O)C(=O)CC4CCC(C(=O)O)CC4)cs3)nc2-c2csc(n2)-c2csc(n2)[C@H]([C@@H](O)c2ccccc2)NC(=O)CNC(=O)c2nc(sc2COC)C(C(C)C)CC(=O)c2nc1sc2C. The van der Waals surface area contributed by atoms with Crippen molar-refractivity contribution >= 4 is 121 Å². The van der Waals surface area contributed by atoms with Crippen molar-refractivity contribution in [3.63, 3.8) is 0 Å². The Morgan fingerprint density at radius 3 is 2.13 bits per heavy atom. The molecule has 1 aromatic carbocycles. The Bertz CT molecular complexity index is 3960. The average molecular weight is 1320 g/mol. The van der Waals surface area contributed by atoms with Crippen molar-refractivity contribution in [2.24, 2.45) is 17.8 Å². The van der Waals surface area contributed by atoms with E-state index >= 15 is 0 Å². The topological polar surface area (TPSA) is 348 Å². The summed E-state index contributed by atoms with van der Waals surface area (Å²) < 4.78 is 5.47. The number of carbonyl (C=O) groups is 8. The Kier molecular flexibility index (Phi) is 20.3. The minimum absolute atomic E-state index is 0.00410. The van der Waals surface area contributed by atoms with Crippen LogP contribution in [0.2, 0.25) is 0 Å². The van der Waals surface area contributed by atoms with Gasteiger partial charge in [-0.3, -0.25) is 43.3 Å². The van der Waals surface area contributed by atoms with Crippen LogP contribution in [0.3, 0.4) is 0 Å². The smallest absolute Gasteiger partial charge is 0.323 e. The number of nitrogens with one attached hydrogen (secondary N) is 4. The Balaban J connectivity index is 1.04. The summed E-state index contributed by atoms with van der Waals surface area (Å²) in [5.74, 6) is -6.45. The molecule has 1 aliphatic carbocycles. The third-order valence-electron chi connectivity index (χ3n) is 15.1. The lowest BCUT2D eigenvalue weighted by Crippen LogP contribution is -2.40. The number of hydrogen-bond donors (Lipinski definition) is 7. The minimum Gasteiger partial charge on any atom is -0.481 e. The van der Waals surface area contributed by atoms with Crippen LogP contribution in [0.4, 0.5) is 5.82 Å². The van der Waals surface area contributed by atoms with Crippen molar-refractivity contribution in [1.29, 1.82) is 0 Å². The van der Waals surface area contributed by atoms with E-state index in [4.69, 9.17) is 39.6 Å². The number of benzene rings is 1. The first-order valence-corrected chi connectivity index (χ1v) is 33.3. The number of pyridine rings is 1. The predicted octanol–water partition coefficient (Wildman–Crippen LogP) is 8.90. The van der Waals surface area contributed by atoms with Crippen molar-refractivity contribution in [2.45, 2.75) is 96.4 Å². The van der Waals surface area contributed by atoms with Crippen LogP contribution < -0.4 is 26.2 Å². The van der Waals surface area contributed by atoms with Gasteiger partial charge in [0.25, 0.3) is 11.8 Å². The number of Topliss-reactive ketones (excluding diaryl/α,β-unsaturated/α-hetero) is 1. The summed E-state index contributed by atoms with van der Waals surface area (Å²) >= 11 is 7.04. The second-order valence-electron chi connectivity index (χ2n) is 21.6. The quantitative estimate of drug-likeness (QED) is 0.0534. The van der Waals surface area contributed by atoms with Crippen molar-refractivity contribution in [3.8, 4) is 43.4 Å². The molecular weight excluding hydrogens is 1260 g/mol. The number of anilines is 1. The van der Waals surface area contributed by atoms with Gasteiger partial charge in [0.1, 0.15) is 83.7 Å². The lowest BCUT2D eigenvalue weighted by molar-refractivity contribution is -0.143. The van der Waals surface area contributed by atoms with Gasteiger partial charge in [0.2, 0.25) is 17.7 Å². The first-order chi connectivity index (χ1) is 42.7. The molecule has 8 heterocycles. The van der Waals surface area contributed by atoms with Crippen LogP contribution >= 0.6 is 68.0 Å². The molecule has 1 saturated carbocycles. The molecule has 7 aromatic heterocycles. The lowest BCUT2D eigenvalue weighted by Gasteiger charge is -2.27. The van der Waals surface area contributed by atoms with Crippen molar-refractivity contribution in [1.82, 2.24) is 56.2 Å². The molecule has 0 spiro atoms. The largest absolute Gasteiger partial charge is 0.481 e. The number of ketones is 1. The van der Waals surface area contributed by atoms with Crippen LogP contribution in [0, 0.1) is 24.7 Å². The van der Waals surface area contributed by atoms with E-state index in [2.05, 4.69) is 21.3 Å². The highest BCUT2D eigenvalue weighted by molar-refractivity contribution is 7.15. The number of nitrogens with zero attached hydrogens (tertiary/aromatic N) is 8. The standard InChI is InChI=1S/C59H60N12O12S6/c1-27(2)33-18-39(72)46-28(3)88-57(69-46)35(19-42(73)60-4)63-51(79)37-24-84-53(65-37)32-15-16-34(55-67-41(26-87-55)71(21-45(76)77)44(75)17-29-11-13-31(14-12-29)59(81)82)62-47(32)36-23-85-56(64-36)38-25-86-58(66-38)49(50(78)30-9-7-6-8-10-30)68-43(74)20-61-52(80)48-40(22-83-5)89-54(33)70-48/h6-10,15-16,23-27,29,31,33,35,49-50,78H,11-14,17-22H2,1-5H3,(H,60,73)(H,61,80)(H,63,79)(H,68,74)(H,76,77)(H,81,82)/t29?,31?,33?,35-,49-,50-/m0/s1. The molecule has 7 N–H and O–H groups in total. The van der Waals surface area contributed by atoms with E-state index in [1.54, 1.807) is 70.9 Å². The van der Waals surface area contributed by atoms with Crippen LogP contribution in [0.25, 0.3) is 43.4 Å². The monoisotopic (exact) mass is 1320 g/mol. The van der Waals surface area contributed by atoms with Gasteiger partial charge in [-0.15, -0.1) is 68.0 Å². The number of aliphatic hydroxyl groups excluding tert-OH is 1. The van der Waals surface area contributed by atoms with Crippen molar-refractivity contribution in [3.05, 3.63) is 111 Å². The Labute approximate surface area is 533 Å². The summed E-state index contributed by atoms with van der Waals surface area (Å²) in [6, 6.07) is 10.0. The van der Waals surface area contributed by atoms with Gasteiger partial charge in [-0.05, 0) is 62.1 Å². The number of fused-ring (bicyclic) bond motifs is 14. The number of amides is 5. The molecule has 10 rings (SSSR count). The minimum atomic E-state index is -1.30. The van der Waals surface area contributed by atoms with Gasteiger partial charge in [-0.2, -0.15) is 0 Å². The van der Waals surface area contributed by atoms with Gasteiger partial charge in [0.05, 0.1) is 47.1 Å². The third kappa shape index (κ3) is 14.9. The number of hydrogen-bond acceptors (Lipinski definition) is 23. The average Bonchev–Trinajstić information content (AvgIpc) is 2.72. The number of carboxylic acid groups (broad SMARTS) is 2. The van der Waals surface area contributed by atoms with E-state index < -0.39 is 84.6 Å². The second kappa shape index (κ2) is 28.2. The number of carbonyl (C=O) groups excluding carboxylic acids is 6. The highest BCUT2D eigenvalue weighted by atomic mass is 32.1. The van der Waals surface area contributed by atoms with Crippen LogP contribution in [0.1, 0.15) is 145 Å². The molecule has 0 saturated heterocycles. The van der Waals surface area contributed by atoms with Gasteiger partial charge < -0.3 is 41.3 Å². The number of aliphatic hydroxyl groups is 1. The third-order valence-corrected chi connectivity index (χ3v) is 20.9. The summed E-state index contributed by atoms with van der Waals surface area (Å²) in [5.41, 5.74) is 2.45. The number of thiazole rings is 6. The highest BCUT2D eigenvalue weighted by Gasteiger charge is 2.35. The summed E-state index contributed by atoms with van der Waals surface area (Å²) in [6.07, 6.45) is 0.290. The number of aliphatic carboxylic acids is 2. The van der Waals surface area contributed by atoms with Gasteiger partial charge >= 0.3 is 11.9 Å². The van der Waals surface area contributed by atoms with E-state index in [1.807, 2.05) is 13.8 Å². The molecule has 8 aromatic rings. The Hall–Kier alpha value is -7.97. The molecule has 1 unspecified atom stereocenters. The molecule has 89 heavy (non-hydrogen) atoms. The fourth-order valence-corrected chi connectivity index (χ4v) is 16.0.